The third-order valence-corrected chi connectivity index (χ3v) is 4.80. The first-order chi connectivity index (χ1) is 12.8. The van der Waals surface area contributed by atoms with Crippen molar-refractivity contribution in [3.63, 3.8) is 0 Å². The lowest BCUT2D eigenvalue weighted by Crippen LogP contribution is -2.22. The van der Waals surface area contributed by atoms with E-state index in [1.54, 1.807) is 24.0 Å². The number of nitrogens with one attached hydrogen (secondary N) is 3. The SMILES string of the molecule is O=C(NCc1ccc2cn[nH]c2c1)c1cccc(SCc2nn[nH]n2)c1. The molecule has 4 aromatic rings. The van der Waals surface area contributed by atoms with Gasteiger partial charge in [0.25, 0.3) is 5.91 Å². The number of carbonyl (C=O) groups excluding carboxylic acids is 1. The molecule has 2 aromatic carbocycles. The summed E-state index contributed by atoms with van der Waals surface area (Å²) in [6.07, 6.45) is 1.77. The minimum atomic E-state index is -0.114. The highest BCUT2D eigenvalue weighted by atomic mass is 32.2. The van der Waals surface area contributed by atoms with Crippen LogP contribution >= 0.6 is 11.8 Å². The number of aromatic nitrogens is 6. The summed E-state index contributed by atoms with van der Waals surface area (Å²) in [5, 5.41) is 24.7. The van der Waals surface area contributed by atoms with Crippen LogP contribution in [0.1, 0.15) is 21.7 Å². The van der Waals surface area contributed by atoms with Crippen LogP contribution in [0.4, 0.5) is 0 Å². The standard InChI is InChI=1S/C17H15N7OS/c25-17(18-8-11-4-5-13-9-19-20-15(13)6-11)12-2-1-3-14(7-12)26-10-16-21-23-24-22-16/h1-7,9H,8,10H2,(H,18,25)(H,19,20)(H,21,22,23,24). The first kappa shape index (κ1) is 16.3. The molecular weight excluding hydrogens is 350 g/mol. The van der Waals surface area contributed by atoms with Crippen molar-refractivity contribution >= 4 is 28.6 Å². The third-order valence-electron chi connectivity index (χ3n) is 3.81. The fraction of sp³-hybridized carbons (Fsp3) is 0.118. The van der Waals surface area contributed by atoms with Crippen LogP contribution in [0, 0.1) is 0 Å². The van der Waals surface area contributed by atoms with Crippen molar-refractivity contribution in [1.29, 1.82) is 0 Å². The molecule has 26 heavy (non-hydrogen) atoms. The second-order valence-electron chi connectivity index (χ2n) is 5.62. The summed E-state index contributed by atoms with van der Waals surface area (Å²) in [5.41, 5.74) is 2.58. The van der Waals surface area contributed by atoms with Gasteiger partial charge in [-0.3, -0.25) is 9.89 Å². The number of aromatic amines is 2. The van der Waals surface area contributed by atoms with Gasteiger partial charge in [-0.15, -0.1) is 22.0 Å². The summed E-state index contributed by atoms with van der Waals surface area (Å²) in [4.78, 5) is 13.4. The minimum Gasteiger partial charge on any atom is -0.348 e. The topological polar surface area (TPSA) is 112 Å². The van der Waals surface area contributed by atoms with Gasteiger partial charge >= 0.3 is 0 Å². The van der Waals surface area contributed by atoms with Crippen LogP contribution < -0.4 is 5.32 Å². The van der Waals surface area contributed by atoms with Crippen molar-refractivity contribution in [1.82, 2.24) is 36.1 Å². The van der Waals surface area contributed by atoms with Gasteiger partial charge in [-0.2, -0.15) is 10.3 Å². The smallest absolute Gasteiger partial charge is 0.251 e. The summed E-state index contributed by atoms with van der Waals surface area (Å²) in [5.74, 6) is 1.10. The van der Waals surface area contributed by atoms with Crippen molar-refractivity contribution in [2.24, 2.45) is 0 Å². The van der Waals surface area contributed by atoms with Gasteiger partial charge < -0.3 is 5.32 Å². The lowest BCUT2D eigenvalue weighted by Gasteiger charge is -2.07. The van der Waals surface area contributed by atoms with Crippen LogP contribution in [0.2, 0.25) is 0 Å². The fourth-order valence-electron chi connectivity index (χ4n) is 2.50. The Labute approximate surface area is 152 Å². The van der Waals surface area contributed by atoms with Crippen LogP contribution in [0.5, 0.6) is 0 Å². The molecule has 0 aliphatic rings. The van der Waals surface area contributed by atoms with Gasteiger partial charge in [-0.25, -0.2) is 0 Å². The molecule has 0 radical (unpaired) electrons. The Morgan fingerprint density at radius 1 is 1.19 bits per heavy atom. The van der Waals surface area contributed by atoms with Gasteiger partial charge in [0.2, 0.25) is 0 Å². The average molecular weight is 365 g/mol. The van der Waals surface area contributed by atoms with E-state index in [0.29, 0.717) is 23.7 Å². The van der Waals surface area contributed by atoms with E-state index in [1.165, 1.54) is 0 Å². The first-order valence-electron chi connectivity index (χ1n) is 7.93. The summed E-state index contributed by atoms with van der Waals surface area (Å²) in [6.45, 7) is 0.452. The molecule has 0 fully saturated rings. The molecular formula is C17H15N7OS. The van der Waals surface area contributed by atoms with E-state index in [2.05, 4.69) is 36.1 Å². The van der Waals surface area contributed by atoms with Gasteiger partial charge in [0.1, 0.15) is 0 Å². The molecule has 0 aliphatic carbocycles. The Kier molecular flexibility index (Phi) is 4.61. The fourth-order valence-corrected chi connectivity index (χ4v) is 3.30. The molecule has 3 N–H and O–H groups in total. The van der Waals surface area contributed by atoms with Crippen LogP contribution in [0.15, 0.2) is 53.6 Å². The summed E-state index contributed by atoms with van der Waals surface area (Å²) >= 11 is 1.55. The molecule has 2 heterocycles. The molecule has 0 aliphatic heterocycles. The number of rotatable bonds is 6. The van der Waals surface area contributed by atoms with Crippen molar-refractivity contribution in [3.05, 3.63) is 65.6 Å². The molecule has 0 saturated heterocycles. The maximum atomic E-state index is 12.4. The van der Waals surface area contributed by atoms with Gasteiger partial charge in [-0.05, 0) is 29.8 Å². The summed E-state index contributed by atoms with van der Waals surface area (Å²) in [6, 6.07) is 13.4. The maximum absolute atomic E-state index is 12.4. The number of carbonyl (C=O) groups is 1. The number of hydrogen-bond donors (Lipinski definition) is 3. The Morgan fingerprint density at radius 2 is 2.15 bits per heavy atom. The van der Waals surface area contributed by atoms with Crippen LogP contribution in [-0.4, -0.2) is 36.7 Å². The second-order valence-corrected chi connectivity index (χ2v) is 6.67. The number of nitrogens with zero attached hydrogens (tertiary/aromatic N) is 4. The van der Waals surface area contributed by atoms with Crippen LogP contribution in [0.25, 0.3) is 10.9 Å². The zero-order valence-corrected chi connectivity index (χ0v) is 14.5. The Hall–Kier alpha value is -3.20. The minimum absolute atomic E-state index is 0.114. The normalized spacial score (nSPS) is 10.9. The summed E-state index contributed by atoms with van der Waals surface area (Å²) in [7, 11) is 0. The highest BCUT2D eigenvalue weighted by Gasteiger charge is 2.08. The lowest BCUT2D eigenvalue weighted by molar-refractivity contribution is 0.0950. The van der Waals surface area contributed by atoms with E-state index in [1.807, 2.05) is 36.4 Å². The second kappa shape index (κ2) is 7.36. The van der Waals surface area contributed by atoms with Crippen molar-refractivity contribution in [2.75, 3.05) is 0 Å². The average Bonchev–Trinajstić information content (AvgIpc) is 3.35. The van der Waals surface area contributed by atoms with Crippen molar-refractivity contribution in [2.45, 2.75) is 17.2 Å². The van der Waals surface area contributed by atoms with E-state index >= 15 is 0 Å². The predicted octanol–water partition coefficient (Wildman–Crippen LogP) is 2.30. The molecule has 0 bridgehead atoms. The molecule has 1 amide bonds. The Morgan fingerprint density at radius 3 is 3.04 bits per heavy atom. The quantitative estimate of drug-likeness (QED) is 0.452. The van der Waals surface area contributed by atoms with Gasteiger partial charge in [-0.1, -0.05) is 23.4 Å². The molecule has 8 nitrogen and oxygen atoms in total. The number of thioether (sulfide) groups is 1. The van der Waals surface area contributed by atoms with Gasteiger partial charge in [0.05, 0.1) is 17.5 Å². The highest BCUT2D eigenvalue weighted by molar-refractivity contribution is 7.98. The van der Waals surface area contributed by atoms with E-state index in [0.717, 1.165) is 21.4 Å². The van der Waals surface area contributed by atoms with E-state index in [-0.39, 0.29) is 5.91 Å². The molecule has 4 rings (SSSR count). The molecule has 0 spiro atoms. The Balaban J connectivity index is 1.38. The molecule has 0 saturated carbocycles. The third kappa shape index (κ3) is 3.72. The lowest BCUT2D eigenvalue weighted by atomic mass is 10.1. The van der Waals surface area contributed by atoms with Gasteiger partial charge in [0, 0.05) is 22.4 Å². The number of benzene rings is 2. The van der Waals surface area contributed by atoms with E-state index in [4.69, 9.17) is 0 Å². The van der Waals surface area contributed by atoms with Crippen molar-refractivity contribution in [3.8, 4) is 0 Å². The first-order valence-corrected chi connectivity index (χ1v) is 8.92. The van der Waals surface area contributed by atoms with E-state index in [9.17, 15) is 4.79 Å². The Bertz CT molecular complexity index is 1030. The number of tetrazole rings is 1. The van der Waals surface area contributed by atoms with Crippen molar-refractivity contribution < 1.29 is 4.79 Å². The largest absolute Gasteiger partial charge is 0.348 e. The number of H-pyrrole nitrogens is 2. The van der Waals surface area contributed by atoms with Gasteiger partial charge in [0.15, 0.2) is 5.82 Å². The maximum Gasteiger partial charge on any atom is 0.251 e. The molecule has 130 valence electrons. The van der Waals surface area contributed by atoms with Crippen LogP contribution in [-0.2, 0) is 12.3 Å². The number of hydrogen-bond acceptors (Lipinski definition) is 6. The monoisotopic (exact) mass is 365 g/mol. The van der Waals surface area contributed by atoms with Crippen LogP contribution in [0.3, 0.4) is 0 Å². The predicted molar refractivity (Wildman–Crippen MR) is 97.4 cm³/mol. The molecule has 2 aromatic heterocycles. The number of amides is 1. The molecule has 9 heteroatoms. The zero-order chi connectivity index (χ0) is 17.8. The zero-order valence-electron chi connectivity index (χ0n) is 13.6. The number of fused-ring (bicyclic) bond motifs is 1. The summed E-state index contributed by atoms with van der Waals surface area (Å²) < 4.78 is 0. The highest BCUT2D eigenvalue weighted by Crippen LogP contribution is 2.22. The molecule has 0 atom stereocenters. The van der Waals surface area contributed by atoms with E-state index < -0.39 is 0 Å². The molecule has 0 unspecified atom stereocenters.